The molecule has 1 aromatic carbocycles. The number of benzene rings is 1. The summed E-state index contributed by atoms with van der Waals surface area (Å²) in [5.41, 5.74) is 1.45. The predicted octanol–water partition coefficient (Wildman–Crippen LogP) is 2.22. The zero-order valence-electron chi connectivity index (χ0n) is 8.62. The van der Waals surface area contributed by atoms with Gasteiger partial charge in [-0.2, -0.15) is 0 Å². The van der Waals surface area contributed by atoms with Gasteiger partial charge in [0, 0.05) is 17.5 Å². The first-order chi connectivity index (χ1) is 7.27. The molecule has 0 fully saturated rings. The Kier molecular flexibility index (Phi) is 4.30. The smallest absolute Gasteiger partial charge is 0.162 e. The Morgan fingerprint density at radius 3 is 2.93 bits per heavy atom. The highest BCUT2D eigenvalue weighted by Crippen LogP contribution is 2.06. The van der Waals surface area contributed by atoms with Crippen molar-refractivity contribution in [1.29, 1.82) is 0 Å². The van der Waals surface area contributed by atoms with Crippen molar-refractivity contribution in [2.24, 2.45) is 0 Å². The van der Waals surface area contributed by atoms with Gasteiger partial charge in [-0.1, -0.05) is 30.9 Å². The number of carbonyl (C=O) groups excluding carboxylic acids is 2. The Morgan fingerprint density at radius 2 is 2.27 bits per heavy atom. The molecule has 0 aliphatic carbocycles. The van der Waals surface area contributed by atoms with Gasteiger partial charge in [0.25, 0.3) is 0 Å². The summed E-state index contributed by atoms with van der Waals surface area (Å²) in [7, 11) is 0. The van der Waals surface area contributed by atoms with E-state index in [2.05, 4.69) is 11.8 Å². The molecule has 2 nitrogen and oxygen atoms in total. The Hall–Kier alpha value is -1.88. The highest BCUT2D eigenvalue weighted by atomic mass is 16.1. The summed E-state index contributed by atoms with van der Waals surface area (Å²) in [6, 6.07) is 7.15. The number of aldehydes is 1. The van der Waals surface area contributed by atoms with E-state index >= 15 is 0 Å². The predicted molar refractivity (Wildman–Crippen MR) is 58.6 cm³/mol. The molecule has 0 amide bonds. The van der Waals surface area contributed by atoms with Crippen molar-refractivity contribution in [3.63, 3.8) is 0 Å². The van der Waals surface area contributed by atoms with Gasteiger partial charge in [-0.15, -0.1) is 0 Å². The van der Waals surface area contributed by atoms with Crippen LogP contribution in [0.3, 0.4) is 0 Å². The van der Waals surface area contributed by atoms with Crippen molar-refractivity contribution in [2.75, 3.05) is 0 Å². The summed E-state index contributed by atoms with van der Waals surface area (Å²) in [6.45, 7) is 1.83. The second kappa shape index (κ2) is 5.77. The van der Waals surface area contributed by atoms with Gasteiger partial charge in [0.05, 0.1) is 6.42 Å². The van der Waals surface area contributed by atoms with Gasteiger partial charge < -0.3 is 4.79 Å². The maximum atomic E-state index is 11.4. The SMILES string of the molecule is CCC(=O)c1cccc(C#CCC=O)c1. The Balaban J connectivity index is 2.89. The Bertz CT molecular complexity index is 422. The van der Waals surface area contributed by atoms with Gasteiger partial charge in [-0.25, -0.2) is 0 Å². The van der Waals surface area contributed by atoms with Crippen molar-refractivity contribution < 1.29 is 9.59 Å². The van der Waals surface area contributed by atoms with Crippen LogP contribution in [0.4, 0.5) is 0 Å². The number of ketones is 1. The van der Waals surface area contributed by atoms with Crippen LogP contribution in [0.1, 0.15) is 35.7 Å². The van der Waals surface area contributed by atoms with Crippen LogP contribution in [-0.2, 0) is 4.79 Å². The van der Waals surface area contributed by atoms with E-state index < -0.39 is 0 Å². The number of hydrogen-bond acceptors (Lipinski definition) is 2. The molecule has 0 atom stereocenters. The van der Waals surface area contributed by atoms with E-state index in [9.17, 15) is 9.59 Å². The molecular weight excluding hydrogens is 188 g/mol. The molecule has 0 aromatic heterocycles. The van der Waals surface area contributed by atoms with Crippen molar-refractivity contribution in [1.82, 2.24) is 0 Å². The van der Waals surface area contributed by atoms with E-state index in [1.807, 2.05) is 13.0 Å². The van der Waals surface area contributed by atoms with Crippen LogP contribution < -0.4 is 0 Å². The lowest BCUT2D eigenvalue weighted by Gasteiger charge is -1.97. The second-order valence-corrected chi connectivity index (χ2v) is 3.03. The first-order valence-electron chi connectivity index (χ1n) is 4.83. The minimum atomic E-state index is 0.106. The average Bonchev–Trinajstić information content (AvgIpc) is 2.29. The lowest BCUT2D eigenvalue weighted by molar-refractivity contribution is -0.107. The topological polar surface area (TPSA) is 34.1 Å². The third kappa shape index (κ3) is 3.40. The largest absolute Gasteiger partial charge is 0.302 e. The van der Waals surface area contributed by atoms with Crippen molar-refractivity contribution in [3.8, 4) is 11.8 Å². The van der Waals surface area contributed by atoms with E-state index in [-0.39, 0.29) is 12.2 Å². The molecule has 0 aliphatic heterocycles. The summed E-state index contributed by atoms with van der Waals surface area (Å²) in [6.07, 6.45) is 1.48. The standard InChI is InChI=1S/C13H12O2/c1-2-13(15)12-8-5-7-11(10-12)6-3-4-9-14/h5,7-10H,2,4H2,1H3. The van der Waals surface area contributed by atoms with E-state index in [4.69, 9.17) is 0 Å². The molecule has 0 aliphatic rings. The summed E-state index contributed by atoms with van der Waals surface area (Å²) >= 11 is 0. The molecule has 0 N–H and O–H groups in total. The van der Waals surface area contributed by atoms with Gasteiger partial charge in [-0.05, 0) is 12.1 Å². The molecule has 2 heteroatoms. The molecular formula is C13H12O2. The van der Waals surface area contributed by atoms with Crippen LogP contribution in [0.5, 0.6) is 0 Å². The highest BCUT2D eigenvalue weighted by Gasteiger charge is 2.01. The maximum absolute atomic E-state index is 11.4. The van der Waals surface area contributed by atoms with Crippen molar-refractivity contribution in [2.45, 2.75) is 19.8 Å². The molecule has 0 radical (unpaired) electrons. The molecule has 1 aromatic rings. The third-order valence-corrected chi connectivity index (χ3v) is 1.92. The zero-order chi connectivity index (χ0) is 11.1. The van der Waals surface area contributed by atoms with E-state index in [0.717, 1.165) is 11.8 Å². The first-order valence-corrected chi connectivity index (χ1v) is 4.83. The maximum Gasteiger partial charge on any atom is 0.162 e. The van der Waals surface area contributed by atoms with Crippen LogP contribution in [0.25, 0.3) is 0 Å². The molecule has 0 heterocycles. The normalized spacial score (nSPS) is 8.87. The molecule has 0 unspecified atom stereocenters. The van der Waals surface area contributed by atoms with Crippen molar-refractivity contribution >= 4 is 12.1 Å². The van der Waals surface area contributed by atoms with E-state index in [1.165, 1.54) is 0 Å². The van der Waals surface area contributed by atoms with E-state index in [0.29, 0.717) is 12.0 Å². The average molecular weight is 200 g/mol. The monoisotopic (exact) mass is 200 g/mol. The summed E-state index contributed by atoms with van der Waals surface area (Å²) in [4.78, 5) is 21.5. The number of hydrogen-bond donors (Lipinski definition) is 0. The number of rotatable bonds is 3. The number of Topliss-reactive ketones (excluding diaryl/α,β-unsaturated/α-hetero) is 1. The zero-order valence-corrected chi connectivity index (χ0v) is 8.62. The Morgan fingerprint density at radius 1 is 1.47 bits per heavy atom. The molecule has 0 saturated carbocycles. The fourth-order valence-electron chi connectivity index (χ4n) is 1.17. The second-order valence-electron chi connectivity index (χ2n) is 3.03. The minimum absolute atomic E-state index is 0.106. The molecule has 0 bridgehead atoms. The number of carbonyl (C=O) groups is 2. The van der Waals surface area contributed by atoms with Gasteiger partial charge >= 0.3 is 0 Å². The van der Waals surface area contributed by atoms with Crippen LogP contribution in [0.2, 0.25) is 0 Å². The van der Waals surface area contributed by atoms with Gasteiger partial charge in [0.1, 0.15) is 6.29 Å². The molecule has 1 rings (SSSR count). The van der Waals surface area contributed by atoms with Crippen LogP contribution >= 0.6 is 0 Å². The minimum Gasteiger partial charge on any atom is -0.302 e. The lowest BCUT2D eigenvalue weighted by atomic mass is 10.1. The molecule has 0 saturated heterocycles. The highest BCUT2D eigenvalue weighted by molar-refractivity contribution is 5.96. The summed E-state index contributed by atoms with van der Waals surface area (Å²) in [5.74, 6) is 5.64. The van der Waals surface area contributed by atoms with E-state index in [1.54, 1.807) is 18.2 Å². The Labute approximate surface area is 89.3 Å². The molecule has 0 spiro atoms. The fourth-order valence-corrected chi connectivity index (χ4v) is 1.17. The fraction of sp³-hybridized carbons (Fsp3) is 0.231. The van der Waals surface area contributed by atoms with Gasteiger partial charge in [-0.3, -0.25) is 4.79 Å². The first kappa shape index (κ1) is 11.2. The third-order valence-electron chi connectivity index (χ3n) is 1.92. The lowest BCUT2D eigenvalue weighted by Crippen LogP contribution is -1.96. The molecule has 76 valence electrons. The van der Waals surface area contributed by atoms with Gasteiger partial charge in [0.2, 0.25) is 0 Å². The summed E-state index contributed by atoms with van der Waals surface area (Å²) in [5, 5.41) is 0. The van der Waals surface area contributed by atoms with Gasteiger partial charge in [0.15, 0.2) is 5.78 Å². The van der Waals surface area contributed by atoms with Crippen molar-refractivity contribution in [3.05, 3.63) is 35.4 Å². The van der Waals surface area contributed by atoms with Crippen LogP contribution in [0, 0.1) is 11.8 Å². The quantitative estimate of drug-likeness (QED) is 0.426. The summed E-state index contributed by atoms with van der Waals surface area (Å²) < 4.78 is 0. The molecule has 15 heavy (non-hydrogen) atoms. The van der Waals surface area contributed by atoms with Crippen LogP contribution in [0.15, 0.2) is 24.3 Å². The van der Waals surface area contributed by atoms with Crippen LogP contribution in [-0.4, -0.2) is 12.1 Å².